The molecule has 0 radical (unpaired) electrons. The van der Waals surface area contributed by atoms with Gasteiger partial charge in [0.25, 0.3) is 0 Å². The number of likely N-dealkylation sites (N-methyl/N-ethyl adjacent to an activating group) is 1. The van der Waals surface area contributed by atoms with Gasteiger partial charge in [-0.2, -0.15) is 5.26 Å². The first kappa shape index (κ1) is 20.2. The molecular weight excluding hydrogens is 374 g/mol. The molecule has 3 rings (SSSR count). The van der Waals surface area contributed by atoms with Gasteiger partial charge in [-0.05, 0) is 56.0 Å². The Bertz CT molecular complexity index is 901. The molecule has 0 spiro atoms. The number of anilines is 1. The van der Waals surface area contributed by atoms with Crippen LogP contribution in [-0.4, -0.2) is 38.6 Å². The molecule has 1 aromatic carbocycles. The van der Waals surface area contributed by atoms with Gasteiger partial charge in [0.1, 0.15) is 11.1 Å². The number of amides is 1. The minimum atomic E-state index is -0.113. The van der Waals surface area contributed by atoms with Crippen molar-refractivity contribution < 1.29 is 14.3 Å². The summed E-state index contributed by atoms with van der Waals surface area (Å²) in [5, 5.41) is 13.2. The van der Waals surface area contributed by atoms with E-state index in [9.17, 15) is 10.1 Å². The Kier molecular flexibility index (Phi) is 6.55. The molecule has 0 saturated heterocycles. The average Bonchev–Trinajstić information content (AvgIpc) is 3.04. The fourth-order valence-electron chi connectivity index (χ4n) is 3.53. The van der Waals surface area contributed by atoms with E-state index in [2.05, 4.69) is 11.4 Å². The van der Waals surface area contributed by atoms with E-state index >= 15 is 0 Å². The molecule has 1 amide bonds. The molecular formula is C21H25N3O3S. The maximum absolute atomic E-state index is 12.5. The van der Waals surface area contributed by atoms with Crippen LogP contribution >= 0.6 is 11.3 Å². The van der Waals surface area contributed by atoms with Crippen molar-refractivity contribution in [3.05, 3.63) is 39.8 Å². The Morgan fingerprint density at radius 3 is 2.71 bits per heavy atom. The largest absolute Gasteiger partial charge is 0.493 e. The molecule has 28 heavy (non-hydrogen) atoms. The summed E-state index contributed by atoms with van der Waals surface area (Å²) in [5.41, 5.74) is 2.81. The van der Waals surface area contributed by atoms with Gasteiger partial charge < -0.3 is 14.8 Å². The number of nitrogens with one attached hydrogen (secondary N) is 1. The number of carbonyl (C=O) groups excluding carboxylic acids is 1. The Balaban J connectivity index is 1.62. The molecule has 6 nitrogen and oxygen atoms in total. The van der Waals surface area contributed by atoms with Gasteiger partial charge >= 0.3 is 0 Å². The second kappa shape index (κ2) is 9.09. The van der Waals surface area contributed by atoms with E-state index in [0.717, 1.165) is 36.8 Å². The molecule has 148 valence electrons. The van der Waals surface area contributed by atoms with Crippen LogP contribution in [0.4, 0.5) is 5.00 Å². The quantitative estimate of drug-likeness (QED) is 0.770. The third kappa shape index (κ3) is 4.46. The Hall–Kier alpha value is -2.56. The van der Waals surface area contributed by atoms with Gasteiger partial charge in [-0.3, -0.25) is 9.69 Å². The molecule has 1 N–H and O–H groups in total. The van der Waals surface area contributed by atoms with Crippen LogP contribution in [0, 0.1) is 11.3 Å². The highest BCUT2D eigenvalue weighted by Crippen LogP contribution is 2.37. The van der Waals surface area contributed by atoms with Crippen molar-refractivity contribution in [3.8, 4) is 17.6 Å². The summed E-state index contributed by atoms with van der Waals surface area (Å²) >= 11 is 1.55. The first-order valence-corrected chi connectivity index (χ1v) is 10.1. The molecule has 0 bridgehead atoms. The van der Waals surface area contributed by atoms with Gasteiger partial charge in [0.15, 0.2) is 11.5 Å². The molecule has 1 heterocycles. The van der Waals surface area contributed by atoms with Crippen LogP contribution in [0.15, 0.2) is 18.2 Å². The molecule has 0 aliphatic heterocycles. The Morgan fingerprint density at radius 1 is 1.25 bits per heavy atom. The lowest BCUT2D eigenvalue weighted by molar-refractivity contribution is -0.117. The van der Waals surface area contributed by atoms with Gasteiger partial charge in [-0.15, -0.1) is 11.3 Å². The predicted molar refractivity (Wildman–Crippen MR) is 110 cm³/mol. The maximum Gasteiger partial charge on any atom is 0.239 e. The minimum absolute atomic E-state index is 0.113. The van der Waals surface area contributed by atoms with E-state index < -0.39 is 0 Å². The number of hydrogen-bond donors (Lipinski definition) is 1. The lowest BCUT2D eigenvalue weighted by atomic mass is 9.96. The predicted octanol–water partition coefficient (Wildman–Crippen LogP) is 3.59. The van der Waals surface area contributed by atoms with Gasteiger partial charge in [-0.1, -0.05) is 6.07 Å². The molecule has 0 fully saturated rings. The monoisotopic (exact) mass is 399 g/mol. The molecule has 0 unspecified atom stereocenters. The summed E-state index contributed by atoms with van der Waals surface area (Å²) in [7, 11) is 5.10. The highest BCUT2D eigenvalue weighted by atomic mass is 32.1. The summed E-state index contributed by atoms with van der Waals surface area (Å²) in [6.07, 6.45) is 4.20. The van der Waals surface area contributed by atoms with Gasteiger partial charge in [0.2, 0.25) is 5.91 Å². The van der Waals surface area contributed by atoms with Crippen LogP contribution in [0.1, 0.15) is 34.4 Å². The minimum Gasteiger partial charge on any atom is -0.493 e. The molecule has 1 aromatic heterocycles. The molecule has 2 aromatic rings. The topological polar surface area (TPSA) is 74.6 Å². The van der Waals surface area contributed by atoms with Crippen LogP contribution in [-0.2, 0) is 24.2 Å². The fourth-order valence-corrected chi connectivity index (χ4v) is 4.79. The number of carbonyl (C=O) groups is 1. The van der Waals surface area contributed by atoms with Crippen molar-refractivity contribution in [1.29, 1.82) is 5.26 Å². The first-order chi connectivity index (χ1) is 13.5. The SMILES string of the molecule is COc1ccc(CN(C)CC(=O)Nc2sc3c(c2C#N)CCCC3)cc1OC. The number of benzene rings is 1. The molecule has 1 aliphatic carbocycles. The fraction of sp³-hybridized carbons (Fsp3) is 0.429. The van der Waals surface area contributed by atoms with Crippen LogP contribution in [0.2, 0.25) is 0 Å². The normalized spacial score (nSPS) is 13.0. The van der Waals surface area contributed by atoms with Crippen molar-refractivity contribution in [2.24, 2.45) is 0 Å². The van der Waals surface area contributed by atoms with Crippen LogP contribution in [0.5, 0.6) is 11.5 Å². The number of ether oxygens (including phenoxy) is 2. The van der Waals surface area contributed by atoms with E-state index in [1.54, 1.807) is 25.6 Å². The third-order valence-corrected chi connectivity index (χ3v) is 6.06. The average molecular weight is 400 g/mol. The Morgan fingerprint density at radius 2 is 2.00 bits per heavy atom. The number of methoxy groups -OCH3 is 2. The highest BCUT2D eigenvalue weighted by Gasteiger charge is 2.22. The number of aryl methyl sites for hydroxylation is 1. The van der Waals surface area contributed by atoms with E-state index in [1.165, 1.54) is 4.88 Å². The van der Waals surface area contributed by atoms with Crippen molar-refractivity contribution in [3.63, 3.8) is 0 Å². The lowest BCUT2D eigenvalue weighted by Gasteiger charge is -2.17. The Labute approximate surface area is 169 Å². The van der Waals surface area contributed by atoms with Crippen LogP contribution in [0.25, 0.3) is 0 Å². The lowest BCUT2D eigenvalue weighted by Crippen LogP contribution is -2.29. The second-order valence-electron chi connectivity index (χ2n) is 6.94. The van der Waals surface area contributed by atoms with E-state index in [4.69, 9.17) is 9.47 Å². The number of nitrogens with zero attached hydrogens (tertiary/aromatic N) is 2. The van der Waals surface area contributed by atoms with Crippen molar-refractivity contribution in [1.82, 2.24) is 4.90 Å². The zero-order valence-electron chi connectivity index (χ0n) is 16.5. The van der Waals surface area contributed by atoms with Crippen LogP contribution < -0.4 is 14.8 Å². The van der Waals surface area contributed by atoms with Gasteiger partial charge in [0.05, 0.1) is 26.3 Å². The summed E-state index contributed by atoms with van der Waals surface area (Å²) in [6, 6.07) is 8.01. The van der Waals surface area contributed by atoms with Crippen molar-refractivity contribution in [2.75, 3.05) is 33.1 Å². The second-order valence-corrected chi connectivity index (χ2v) is 8.04. The van der Waals surface area contributed by atoms with Gasteiger partial charge in [0, 0.05) is 11.4 Å². The standard InChI is InChI=1S/C21H25N3O3S/c1-24(12-14-8-9-17(26-2)18(10-14)27-3)13-20(25)23-21-16(11-22)15-6-4-5-7-19(15)28-21/h8-10H,4-7,12-13H2,1-3H3,(H,23,25). The zero-order valence-corrected chi connectivity index (χ0v) is 17.3. The molecule has 0 atom stereocenters. The summed E-state index contributed by atoms with van der Waals surface area (Å²) in [6.45, 7) is 0.835. The number of nitriles is 1. The van der Waals surface area contributed by atoms with Crippen molar-refractivity contribution in [2.45, 2.75) is 32.2 Å². The zero-order chi connectivity index (χ0) is 20.1. The first-order valence-electron chi connectivity index (χ1n) is 9.29. The van der Waals surface area contributed by atoms with Gasteiger partial charge in [-0.25, -0.2) is 0 Å². The summed E-state index contributed by atoms with van der Waals surface area (Å²) in [5.74, 6) is 1.23. The number of thiophene rings is 1. The van der Waals surface area contributed by atoms with Crippen LogP contribution in [0.3, 0.4) is 0 Å². The van der Waals surface area contributed by atoms with E-state index in [0.29, 0.717) is 28.6 Å². The molecule has 7 heteroatoms. The van der Waals surface area contributed by atoms with Crippen molar-refractivity contribution >= 4 is 22.2 Å². The summed E-state index contributed by atoms with van der Waals surface area (Å²) in [4.78, 5) is 15.7. The third-order valence-electron chi connectivity index (χ3n) is 4.85. The maximum atomic E-state index is 12.5. The van der Waals surface area contributed by atoms with E-state index in [1.807, 2.05) is 30.1 Å². The summed E-state index contributed by atoms with van der Waals surface area (Å²) < 4.78 is 10.6. The van der Waals surface area contributed by atoms with E-state index in [-0.39, 0.29) is 12.5 Å². The smallest absolute Gasteiger partial charge is 0.239 e. The highest BCUT2D eigenvalue weighted by molar-refractivity contribution is 7.16. The number of rotatable bonds is 7. The number of fused-ring (bicyclic) bond motifs is 1. The molecule has 1 aliphatic rings. The molecule has 0 saturated carbocycles. The number of hydrogen-bond acceptors (Lipinski definition) is 6.